The number of hydrogen-bond donors (Lipinski definition) is 1. The number of rotatable bonds is 5. The average molecular weight is 287 g/mol. The van der Waals surface area contributed by atoms with E-state index >= 15 is 0 Å². The van der Waals surface area contributed by atoms with Gasteiger partial charge in [-0.15, -0.1) is 10.2 Å². The molecule has 1 N–H and O–H groups in total. The molecule has 6 heteroatoms. The Hall–Kier alpha value is -2.21. The van der Waals surface area contributed by atoms with Crippen LogP contribution in [0, 0.1) is 0 Å². The van der Waals surface area contributed by atoms with Crippen molar-refractivity contribution in [3.8, 4) is 11.5 Å². The largest absolute Gasteiger partial charge is 0.421 e. The molecule has 3 rings (SSSR count). The van der Waals surface area contributed by atoms with Gasteiger partial charge in [-0.2, -0.15) is 0 Å². The van der Waals surface area contributed by atoms with E-state index in [9.17, 15) is 4.79 Å². The van der Waals surface area contributed by atoms with Crippen molar-refractivity contribution in [3.63, 3.8) is 0 Å². The molecule has 1 aliphatic heterocycles. The lowest BCUT2D eigenvalue weighted by Crippen LogP contribution is -2.53. The van der Waals surface area contributed by atoms with Gasteiger partial charge in [-0.05, 0) is 18.6 Å². The zero-order valence-electron chi connectivity index (χ0n) is 11.6. The van der Waals surface area contributed by atoms with E-state index in [1.807, 2.05) is 30.3 Å². The lowest BCUT2D eigenvalue weighted by atomic mass is 10.1. The molecule has 0 unspecified atom stereocenters. The van der Waals surface area contributed by atoms with E-state index in [0.29, 0.717) is 44.1 Å². The fourth-order valence-corrected chi connectivity index (χ4v) is 2.26. The van der Waals surface area contributed by atoms with Gasteiger partial charge in [0.2, 0.25) is 17.7 Å². The topological polar surface area (TPSA) is 79.5 Å². The zero-order chi connectivity index (χ0) is 14.7. The fraction of sp³-hybridized carbons (Fsp3) is 0.400. The summed E-state index contributed by atoms with van der Waals surface area (Å²) in [6.07, 6.45) is 1.35. The summed E-state index contributed by atoms with van der Waals surface area (Å²) in [5.74, 6) is 1.12. The molecule has 0 spiro atoms. The highest BCUT2D eigenvalue weighted by atomic mass is 16.4. The van der Waals surface area contributed by atoms with Crippen molar-refractivity contribution >= 4 is 5.91 Å². The van der Waals surface area contributed by atoms with E-state index in [2.05, 4.69) is 10.2 Å². The van der Waals surface area contributed by atoms with Crippen LogP contribution in [0.15, 0.2) is 34.7 Å². The maximum atomic E-state index is 11.7. The number of hydrogen-bond acceptors (Lipinski definition) is 5. The van der Waals surface area contributed by atoms with Crippen LogP contribution in [0.4, 0.5) is 0 Å². The molecular formula is C15H17N3O3. The van der Waals surface area contributed by atoms with Crippen LogP contribution in [0.1, 0.15) is 18.7 Å². The molecule has 0 radical (unpaired) electrons. The molecule has 110 valence electrons. The van der Waals surface area contributed by atoms with E-state index in [1.54, 1.807) is 4.90 Å². The van der Waals surface area contributed by atoms with Gasteiger partial charge in [-0.3, -0.25) is 4.79 Å². The first-order valence-corrected chi connectivity index (χ1v) is 7.06. The van der Waals surface area contributed by atoms with E-state index in [0.717, 1.165) is 5.56 Å². The summed E-state index contributed by atoms with van der Waals surface area (Å²) in [5.41, 5.74) is 0.891. The molecule has 1 amide bonds. The SMILES string of the molecule is O=C(CCCc1nnc(-c2ccccc2)o1)N1CC(O)C1. The molecule has 1 fully saturated rings. The maximum Gasteiger partial charge on any atom is 0.247 e. The minimum Gasteiger partial charge on any atom is -0.421 e. The third kappa shape index (κ3) is 3.28. The Kier molecular flexibility index (Phi) is 3.96. The monoisotopic (exact) mass is 287 g/mol. The van der Waals surface area contributed by atoms with E-state index in [4.69, 9.17) is 9.52 Å². The van der Waals surface area contributed by atoms with Crippen molar-refractivity contribution in [2.75, 3.05) is 13.1 Å². The highest BCUT2D eigenvalue weighted by molar-refractivity contribution is 5.77. The van der Waals surface area contributed by atoms with Crippen molar-refractivity contribution in [3.05, 3.63) is 36.2 Å². The normalized spacial score (nSPS) is 15.0. The number of aliphatic hydroxyl groups is 1. The summed E-state index contributed by atoms with van der Waals surface area (Å²) in [5, 5.41) is 17.2. The summed E-state index contributed by atoms with van der Waals surface area (Å²) in [6.45, 7) is 0.912. The number of amides is 1. The molecule has 1 aliphatic rings. The number of likely N-dealkylation sites (tertiary alicyclic amines) is 1. The van der Waals surface area contributed by atoms with Crippen molar-refractivity contribution in [2.24, 2.45) is 0 Å². The number of carbonyl (C=O) groups is 1. The van der Waals surface area contributed by atoms with Gasteiger partial charge in [-0.25, -0.2) is 0 Å². The number of aliphatic hydroxyl groups excluding tert-OH is 1. The molecular weight excluding hydrogens is 270 g/mol. The molecule has 1 aromatic heterocycles. The van der Waals surface area contributed by atoms with Crippen LogP contribution in [-0.2, 0) is 11.2 Å². The standard InChI is InChI=1S/C15H17N3O3/c19-12-9-18(10-12)14(20)8-4-7-13-16-17-15(21-13)11-5-2-1-3-6-11/h1-3,5-6,12,19H,4,7-10H2. The number of β-amino-alcohol motifs (C(OH)–C–C–N with tert-alkyl or cyclic N) is 1. The second-order valence-corrected chi connectivity index (χ2v) is 5.17. The fourth-order valence-electron chi connectivity index (χ4n) is 2.26. The van der Waals surface area contributed by atoms with Gasteiger partial charge in [0.1, 0.15) is 0 Å². The molecule has 0 saturated carbocycles. The molecule has 0 aliphatic carbocycles. The minimum absolute atomic E-state index is 0.0723. The summed E-state index contributed by atoms with van der Waals surface area (Å²) in [6, 6.07) is 9.59. The van der Waals surface area contributed by atoms with Gasteiger partial charge in [0.25, 0.3) is 0 Å². The van der Waals surface area contributed by atoms with Crippen LogP contribution in [0.2, 0.25) is 0 Å². The number of aromatic nitrogens is 2. The van der Waals surface area contributed by atoms with Crippen LogP contribution in [0.3, 0.4) is 0 Å². The average Bonchev–Trinajstić information content (AvgIpc) is 2.93. The van der Waals surface area contributed by atoms with E-state index in [-0.39, 0.29) is 12.0 Å². The number of nitrogens with zero attached hydrogens (tertiary/aromatic N) is 3. The summed E-state index contributed by atoms with van der Waals surface area (Å²) < 4.78 is 5.58. The molecule has 21 heavy (non-hydrogen) atoms. The quantitative estimate of drug-likeness (QED) is 0.895. The van der Waals surface area contributed by atoms with Crippen LogP contribution in [0.25, 0.3) is 11.5 Å². The minimum atomic E-state index is -0.349. The third-order valence-corrected chi connectivity index (χ3v) is 3.48. The first kappa shape index (κ1) is 13.8. The van der Waals surface area contributed by atoms with E-state index in [1.165, 1.54) is 0 Å². The van der Waals surface area contributed by atoms with Crippen molar-refractivity contribution in [1.29, 1.82) is 0 Å². The molecule has 1 aromatic carbocycles. The molecule has 1 saturated heterocycles. The Bertz CT molecular complexity index is 606. The first-order chi connectivity index (χ1) is 10.2. The second kappa shape index (κ2) is 6.05. The summed E-state index contributed by atoms with van der Waals surface area (Å²) in [4.78, 5) is 13.4. The molecule has 0 bridgehead atoms. The Morgan fingerprint density at radius 3 is 2.76 bits per heavy atom. The molecule has 6 nitrogen and oxygen atoms in total. The highest BCUT2D eigenvalue weighted by Crippen LogP contribution is 2.18. The molecule has 0 atom stereocenters. The van der Waals surface area contributed by atoms with Gasteiger partial charge in [0.15, 0.2) is 0 Å². The Morgan fingerprint density at radius 1 is 1.29 bits per heavy atom. The smallest absolute Gasteiger partial charge is 0.247 e. The number of benzene rings is 1. The first-order valence-electron chi connectivity index (χ1n) is 7.06. The lowest BCUT2D eigenvalue weighted by molar-refractivity contribution is -0.141. The zero-order valence-corrected chi connectivity index (χ0v) is 11.6. The van der Waals surface area contributed by atoms with Crippen molar-refractivity contribution in [2.45, 2.75) is 25.4 Å². The number of carbonyl (C=O) groups excluding carboxylic acids is 1. The van der Waals surface area contributed by atoms with E-state index < -0.39 is 0 Å². The van der Waals surface area contributed by atoms with Crippen LogP contribution in [-0.4, -0.2) is 45.3 Å². The third-order valence-electron chi connectivity index (χ3n) is 3.48. The van der Waals surface area contributed by atoms with Crippen LogP contribution >= 0.6 is 0 Å². The van der Waals surface area contributed by atoms with Gasteiger partial charge in [0, 0.05) is 31.5 Å². The van der Waals surface area contributed by atoms with Crippen molar-refractivity contribution in [1.82, 2.24) is 15.1 Å². The van der Waals surface area contributed by atoms with Crippen LogP contribution in [0.5, 0.6) is 0 Å². The van der Waals surface area contributed by atoms with Gasteiger partial charge >= 0.3 is 0 Å². The Labute approximate surface area is 122 Å². The summed E-state index contributed by atoms with van der Waals surface area (Å²) >= 11 is 0. The maximum absolute atomic E-state index is 11.7. The Balaban J connectivity index is 1.48. The van der Waals surface area contributed by atoms with Gasteiger partial charge in [-0.1, -0.05) is 18.2 Å². The van der Waals surface area contributed by atoms with Gasteiger partial charge in [0.05, 0.1) is 6.10 Å². The predicted molar refractivity (Wildman–Crippen MR) is 75.3 cm³/mol. The predicted octanol–water partition coefficient (Wildman–Crippen LogP) is 1.26. The van der Waals surface area contributed by atoms with Crippen LogP contribution < -0.4 is 0 Å². The molecule has 2 aromatic rings. The summed E-state index contributed by atoms with van der Waals surface area (Å²) in [7, 11) is 0. The molecule has 2 heterocycles. The Morgan fingerprint density at radius 2 is 2.05 bits per heavy atom. The number of aryl methyl sites for hydroxylation is 1. The van der Waals surface area contributed by atoms with Gasteiger partial charge < -0.3 is 14.4 Å². The second-order valence-electron chi connectivity index (χ2n) is 5.17. The lowest BCUT2D eigenvalue weighted by Gasteiger charge is -2.35. The highest BCUT2D eigenvalue weighted by Gasteiger charge is 2.28. The van der Waals surface area contributed by atoms with Crippen molar-refractivity contribution < 1.29 is 14.3 Å².